The van der Waals surface area contributed by atoms with Gasteiger partial charge >= 0.3 is 12.1 Å². The van der Waals surface area contributed by atoms with Crippen molar-refractivity contribution in [3.05, 3.63) is 65.5 Å². The molecule has 32 heavy (non-hydrogen) atoms. The first kappa shape index (κ1) is 20.7. The highest BCUT2D eigenvalue weighted by Crippen LogP contribution is 2.37. The number of carbonyl (C=O) groups excluding carboxylic acids is 1. The Morgan fingerprint density at radius 2 is 1.91 bits per heavy atom. The number of alkyl halides is 3. The molecule has 0 radical (unpaired) electrons. The van der Waals surface area contributed by atoms with Crippen molar-refractivity contribution in [1.82, 2.24) is 9.88 Å². The van der Waals surface area contributed by atoms with Crippen molar-refractivity contribution in [1.29, 1.82) is 0 Å². The molecule has 0 saturated carbocycles. The van der Waals surface area contributed by atoms with Crippen molar-refractivity contribution in [2.24, 2.45) is 4.99 Å². The molecular formula is C24H23F3N4O. The smallest absolute Gasteiger partial charge is 0.365 e. The summed E-state index contributed by atoms with van der Waals surface area (Å²) in [5, 5.41) is 0. The zero-order valence-corrected chi connectivity index (χ0v) is 17.4. The highest BCUT2D eigenvalue weighted by Gasteiger charge is 2.52. The normalized spacial score (nSPS) is 24.2. The summed E-state index contributed by atoms with van der Waals surface area (Å²) in [6.07, 6.45) is 3.47. The average molecular weight is 440 g/mol. The summed E-state index contributed by atoms with van der Waals surface area (Å²) < 4.78 is 38.4. The van der Waals surface area contributed by atoms with Gasteiger partial charge in [-0.2, -0.15) is 13.2 Å². The van der Waals surface area contributed by atoms with E-state index in [0.717, 1.165) is 46.8 Å². The van der Waals surface area contributed by atoms with Crippen LogP contribution in [-0.2, 0) is 4.79 Å². The SMILES string of the molecule is O=C(N1C[C@H]2C[C@@H]1CN2c1ccc(/C=C2\CCCN=C2c2cccnc2)cc1)C(F)(F)F. The number of likely N-dealkylation sites (tertiary alicyclic amines) is 1. The lowest BCUT2D eigenvalue weighted by atomic mass is 9.95. The maximum atomic E-state index is 12.8. The number of aromatic nitrogens is 1. The van der Waals surface area contributed by atoms with Gasteiger partial charge in [0.1, 0.15) is 0 Å². The molecule has 166 valence electrons. The third kappa shape index (κ3) is 3.89. The van der Waals surface area contributed by atoms with E-state index in [0.29, 0.717) is 13.0 Å². The number of piperazine rings is 1. The van der Waals surface area contributed by atoms with Gasteiger partial charge in [0.2, 0.25) is 0 Å². The number of halogens is 3. The van der Waals surface area contributed by atoms with Crippen LogP contribution in [0.2, 0.25) is 0 Å². The van der Waals surface area contributed by atoms with Crippen molar-refractivity contribution in [2.45, 2.75) is 37.5 Å². The molecule has 1 amide bonds. The third-order valence-corrected chi connectivity index (χ3v) is 6.42. The Labute approximate surface area is 184 Å². The summed E-state index contributed by atoms with van der Waals surface area (Å²) in [5.74, 6) is -1.72. The Kier molecular flexibility index (Phi) is 5.23. The summed E-state index contributed by atoms with van der Waals surface area (Å²) in [5.41, 5.74) is 5.21. The molecule has 5 nitrogen and oxygen atoms in total. The molecule has 5 rings (SSSR count). The number of nitrogens with zero attached hydrogens (tertiary/aromatic N) is 4. The first-order chi connectivity index (χ1) is 15.4. The predicted octanol–water partition coefficient (Wildman–Crippen LogP) is 4.10. The second-order valence-electron chi connectivity index (χ2n) is 8.49. The zero-order valence-electron chi connectivity index (χ0n) is 17.4. The molecule has 3 aliphatic rings. The van der Waals surface area contributed by atoms with Crippen LogP contribution in [0.1, 0.15) is 30.4 Å². The van der Waals surface area contributed by atoms with Crippen LogP contribution in [0.15, 0.2) is 59.4 Å². The second kappa shape index (κ2) is 8.07. The summed E-state index contributed by atoms with van der Waals surface area (Å²) in [4.78, 5) is 23.6. The van der Waals surface area contributed by atoms with Crippen molar-refractivity contribution in [3.63, 3.8) is 0 Å². The van der Waals surface area contributed by atoms with Gasteiger partial charge in [0, 0.05) is 49.3 Å². The minimum Gasteiger partial charge on any atom is -0.365 e. The minimum absolute atomic E-state index is 0.0711. The Morgan fingerprint density at radius 3 is 2.56 bits per heavy atom. The standard InChI is InChI=1S/C24H23F3N4O/c25-24(26,27)23(32)31-15-20-12-21(31)14-30(20)19-7-5-16(6-8-19)11-17-3-2-10-29-22(17)18-4-1-9-28-13-18/h1,4-9,11,13,20-21H,2-3,10,12,14-15H2/b17-11+/t20-,21-/m1/s1. The molecule has 0 aliphatic carbocycles. The first-order valence-corrected chi connectivity index (χ1v) is 10.8. The number of carbonyl (C=O) groups is 1. The first-order valence-electron chi connectivity index (χ1n) is 10.8. The maximum absolute atomic E-state index is 12.8. The van der Waals surface area contributed by atoms with Crippen molar-refractivity contribution < 1.29 is 18.0 Å². The van der Waals surface area contributed by atoms with E-state index in [-0.39, 0.29) is 18.6 Å². The van der Waals surface area contributed by atoms with Crippen LogP contribution in [-0.4, -0.2) is 59.4 Å². The Hall–Kier alpha value is -3.16. The van der Waals surface area contributed by atoms with Gasteiger partial charge in [-0.3, -0.25) is 14.8 Å². The van der Waals surface area contributed by atoms with Gasteiger partial charge in [-0.15, -0.1) is 0 Å². The van der Waals surface area contributed by atoms with Crippen molar-refractivity contribution >= 4 is 23.4 Å². The number of anilines is 1. The summed E-state index contributed by atoms with van der Waals surface area (Å²) >= 11 is 0. The molecule has 2 aromatic rings. The van der Waals surface area contributed by atoms with E-state index < -0.39 is 12.1 Å². The van der Waals surface area contributed by atoms with Crippen LogP contribution in [0, 0.1) is 0 Å². The molecule has 4 heterocycles. The average Bonchev–Trinajstić information content (AvgIpc) is 3.41. The van der Waals surface area contributed by atoms with Gasteiger partial charge in [0.15, 0.2) is 0 Å². The molecule has 2 bridgehead atoms. The van der Waals surface area contributed by atoms with E-state index >= 15 is 0 Å². The maximum Gasteiger partial charge on any atom is 0.471 e. The molecule has 0 N–H and O–H groups in total. The van der Waals surface area contributed by atoms with Crippen LogP contribution in [0.4, 0.5) is 18.9 Å². The zero-order chi connectivity index (χ0) is 22.3. The summed E-state index contributed by atoms with van der Waals surface area (Å²) in [7, 11) is 0. The number of allylic oxidation sites excluding steroid dienone is 1. The largest absolute Gasteiger partial charge is 0.471 e. The lowest BCUT2D eigenvalue weighted by Gasteiger charge is -2.35. The van der Waals surface area contributed by atoms with E-state index in [1.165, 1.54) is 5.57 Å². The molecule has 3 aliphatic heterocycles. The molecule has 8 heteroatoms. The van der Waals surface area contributed by atoms with E-state index in [9.17, 15) is 18.0 Å². The fourth-order valence-electron chi connectivity index (χ4n) is 4.96. The summed E-state index contributed by atoms with van der Waals surface area (Å²) in [6.45, 7) is 1.37. The Morgan fingerprint density at radius 1 is 1.09 bits per heavy atom. The molecule has 1 aromatic heterocycles. The molecule has 2 atom stereocenters. The number of amides is 1. The third-order valence-electron chi connectivity index (χ3n) is 6.42. The Bertz CT molecular complexity index is 1060. The van der Waals surface area contributed by atoms with Gasteiger partial charge in [0.25, 0.3) is 0 Å². The van der Waals surface area contributed by atoms with Gasteiger partial charge < -0.3 is 9.80 Å². The van der Waals surface area contributed by atoms with Crippen LogP contribution >= 0.6 is 0 Å². The molecule has 0 unspecified atom stereocenters. The van der Waals surface area contributed by atoms with E-state index in [1.807, 2.05) is 42.6 Å². The van der Waals surface area contributed by atoms with Crippen molar-refractivity contribution in [3.8, 4) is 0 Å². The molecular weight excluding hydrogens is 417 g/mol. The number of rotatable bonds is 3. The number of hydrogen-bond acceptors (Lipinski definition) is 4. The van der Waals surface area contributed by atoms with Gasteiger partial charge in [-0.05, 0) is 60.7 Å². The highest BCUT2D eigenvalue weighted by molar-refractivity contribution is 6.15. The monoisotopic (exact) mass is 440 g/mol. The number of aliphatic imine (C=N–C) groups is 1. The van der Waals surface area contributed by atoms with Crippen LogP contribution in [0.5, 0.6) is 0 Å². The quantitative estimate of drug-likeness (QED) is 0.722. The molecule has 2 fully saturated rings. The van der Waals surface area contributed by atoms with Gasteiger partial charge in [-0.1, -0.05) is 12.1 Å². The minimum atomic E-state index is -4.80. The van der Waals surface area contributed by atoms with Crippen molar-refractivity contribution in [2.75, 3.05) is 24.5 Å². The molecule has 1 aromatic carbocycles. The topological polar surface area (TPSA) is 48.8 Å². The lowest BCUT2D eigenvalue weighted by Crippen LogP contribution is -2.52. The highest BCUT2D eigenvalue weighted by atomic mass is 19.4. The van der Waals surface area contributed by atoms with Gasteiger partial charge in [-0.25, -0.2) is 0 Å². The molecule has 0 spiro atoms. The second-order valence-corrected chi connectivity index (χ2v) is 8.49. The van der Waals surface area contributed by atoms with Crippen LogP contribution in [0.25, 0.3) is 6.08 Å². The van der Waals surface area contributed by atoms with E-state index in [2.05, 4.69) is 16.0 Å². The van der Waals surface area contributed by atoms with E-state index in [4.69, 9.17) is 4.99 Å². The number of pyridine rings is 1. The number of hydrogen-bond donors (Lipinski definition) is 0. The van der Waals surface area contributed by atoms with Crippen LogP contribution < -0.4 is 4.90 Å². The Balaban J connectivity index is 1.30. The number of benzene rings is 1. The summed E-state index contributed by atoms with van der Waals surface area (Å²) in [6, 6.07) is 11.6. The van der Waals surface area contributed by atoms with Crippen LogP contribution in [0.3, 0.4) is 0 Å². The lowest BCUT2D eigenvalue weighted by molar-refractivity contribution is -0.186. The fraction of sp³-hybridized carbons (Fsp3) is 0.375. The fourth-order valence-corrected chi connectivity index (χ4v) is 4.96. The molecule has 2 saturated heterocycles. The predicted molar refractivity (Wildman–Crippen MR) is 117 cm³/mol. The van der Waals surface area contributed by atoms with Gasteiger partial charge in [0.05, 0.1) is 11.8 Å². The van der Waals surface area contributed by atoms with E-state index in [1.54, 1.807) is 6.20 Å². The number of fused-ring (bicyclic) bond motifs is 2.